The van der Waals surface area contributed by atoms with Crippen molar-refractivity contribution >= 4 is 11.9 Å². The summed E-state index contributed by atoms with van der Waals surface area (Å²) >= 11 is 0. The van der Waals surface area contributed by atoms with Gasteiger partial charge in [0.05, 0.1) is 6.10 Å². The van der Waals surface area contributed by atoms with Crippen LogP contribution in [0.1, 0.15) is 32.6 Å². The van der Waals surface area contributed by atoms with Crippen molar-refractivity contribution in [2.24, 2.45) is 0 Å². The van der Waals surface area contributed by atoms with Gasteiger partial charge in [0, 0.05) is 14.0 Å². The summed E-state index contributed by atoms with van der Waals surface area (Å²) in [6, 6.07) is 0. The summed E-state index contributed by atoms with van der Waals surface area (Å²) in [6.45, 7) is 1.34. The fraction of sp³-hybridized carbons (Fsp3) is 0.800. The van der Waals surface area contributed by atoms with Crippen LogP contribution in [0.4, 0.5) is 0 Å². The minimum atomic E-state index is -1.08. The third kappa shape index (κ3) is 2.68. The van der Waals surface area contributed by atoms with E-state index in [-0.39, 0.29) is 12.0 Å². The van der Waals surface area contributed by atoms with Gasteiger partial charge in [-0.1, -0.05) is 0 Å². The highest BCUT2D eigenvalue weighted by Gasteiger charge is 2.42. The smallest absolute Gasteiger partial charge is 0.329 e. The third-order valence-electron chi connectivity index (χ3n) is 2.94. The van der Waals surface area contributed by atoms with E-state index in [1.807, 2.05) is 0 Å². The minimum Gasteiger partial charge on any atom is -0.480 e. The minimum absolute atomic E-state index is 0.117. The molecule has 0 aromatic heterocycles. The number of carbonyl (C=O) groups excluding carboxylic acids is 1. The molecular weight excluding hydrogens is 198 g/mol. The van der Waals surface area contributed by atoms with Crippen LogP contribution in [-0.2, 0) is 14.3 Å². The molecular formula is C10H17NO4. The van der Waals surface area contributed by atoms with Gasteiger partial charge in [0.15, 0.2) is 0 Å². The molecule has 1 fully saturated rings. The largest absolute Gasteiger partial charge is 0.480 e. The Morgan fingerprint density at radius 1 is 1.40 bits per heavy atom. The third-order valence-corrected chi connectivity index (χ3v) is 2.94. The number of hydrogen-bond donors (Lipinski definition) is 2. The van der Waals surface area contributed by atoms with Crippen LogP contribution in [0.3, 0.4) is 0 Å². The van der Waals surface area contributed by atoms with E-state index >= 15 is 0 Å². The first-order chi connectivity index (χ1) is 7.00. The number of carbonyl (C=O) groups is 2. The van der Waals surface area contributed by atoms with Crippen molar-refractivity contribution in [3.63, 3.8) is 0 Å². The first-order valence-corrected chi connectivity index (χ1v) is 5.05. The monoisotopic (exact) mass is 215 g/mol. The maximum absolute atomic E-state index is 11.2. The Morgan fingerprint density at radius 2 is 1.93 bits per heavy atom. The van der Waals surface area contributed by atoms with E-state index in [9.17, 15) is 9.59 Å². The molecule has 2 N–H and O–H groups in total. The Labute approximate surface area is 88.8 Å². The molecule has 86 valence electrons. The molecule has 0 bridgehead atoms. The van der Waals surface area contributed by atoms with Crippen molar-refractivity contribution in [3.05, 3.63) is 0 Å². The molecule has 0 heterocycles. The molecule has 5 heteroatoms. The van der Waals surface area contributed by atoms with Gasteiger partial charge in [-0.3, -0.25) is 4.79 Å². The number of amides is 1. The first kappa shape index (κ1) is 12.0. The highest BCUT2D eigenvalue weighted by molar-refractivity contribution is 5.86. The van der Waals surface area contributed by atoms with E-state index in [0.717, 1.165) is 0 Å². The summed E-state index contributed by atoms with van der Waals surface area (Å²) < 4.78 is 5.16. The van der Waals surface area contributed by atoms with E-state index in [1.165, 1.54) is 6.92 Å². The maximum atomic E-state index is 11.2. The Bertz CT molecular complexity index is 256. The number of nitrogens with one attached hydrogen (secondary N) is 1. The van der Waals surface area contributed by atoms with Gasteiger partial charge in [-0.25, -0.2) is 4.79 Å². The lowest BCUT2D eigenvalue weighted by Gasteiger charge is -2.36. The zero-order valence-electron chi connectivity index (χ0n) is 9.08. The molecule has 0 spiro atoms. The predicted molar refractivity (Wildman–Crippen MR) is 53.4 cm³/mol. The molecule has 0 aliphatic heterocycles. The lowest BCUT2D eigenvalue weighted by atomic mass is 9.80. The Morgan fingerprint density at radius 3 is 2.27 bits per heavy atom. The average Bonchev–Trinajstić information content (AvgIpc) is 2.17. The van der Waals surface area contributed by atoms with E-state index in [4.69, 9.17) is 9.84 Å². The van der Waals surface area contributed by atoms with Gasteiger partial charge in [0.1, 0.15) is 5.54 Å². The standard InChI is InChI=1S/C10H17NO4/c1-7(12)11-10(9(13)14)5-3-8(15-2)4-6-10/h8H,3-6H2,1-2H3,(H,11,12)(H,13,14). The second-order valence-corrected chi connectivity index (χ2v) is 4.00. The van der Waals surface area contributed by atoms with Gasteiger partial charge in [-0.2, -0.15) is 0 Å². The van der Waals surface area contributed by atoms with Crippen LogP contribution in [-0.4, -0.2) is 35.7 Å². The van der Waals surface area contributed by atoms with Gasteiger partial charge in [0.25, 0.3) is 0 Å². The van der Waals surface area contributed by atoms with Crippen molar-refractivity contribution in [1.29, 1.82) is 0 Å². The van der Waals surface area contributed by atoms with Crippen molar-refractivity contribution in [1.82, 2.24) is 5.32 Å². The highest BCUT2D eigenvalue weighted by Crippen LogP contribution is 2.30. The fourth-order valence-corrected chi connectivity index (χ4v) is 2.05. The van der Waals surface area contributed by atoms with Gasteiger partial charge in [-0.05, 0) is 25.7 Å². The van der Waals surface area contributed by atoms with E-state index < -0.39 is 11.5 Å². The van der Waals surface area contributed by atoms with Crippen molar-refractivity contribution in [3.8, 4) is 0 Å². The van der Waals surface area contributed by atoms with Crippen LogP contribution in [0, 0.1) is 0 Å². The number of rotatable bonds is 3. The average molecular weight is 215 g/mol. The summed E-state index contributed by atoms with van der Waals surface area (Å²) in [5.74, 6) is -1.25. The maximum Gasteiger partial charge on any atom is 0.329 e. The molecule has 0 radical (unpaired) electrons. The molecule has 0 atom stereocenters. The number of carboxylic acids is 1. The molecule has 15 heavy (non-hydrogen) atoms. The number of ether oxygens (including phenoxy) is 1. The SMILES string of the molecule is COC1CCC(NC(C)=O)(C(=O)O)CC1. The second kappa shape index (κ2) is 4.61. The van der Waals surface area contributed by atoms with Gasteiger partial charge < -0.3 is 15.2 Å². The Balaban J connectivity index is 2.69. The number of methoxy groups -OCH3 is 1. The predicted octanol–water partition coefficient (Wildman–Crippen LogP) is 0.535. The molecule has 1 aliphatic rings. The molecule has 5 nitrogen and oxygen atoms in total. The van der Waals surface area contributed by atoms with Crippen molar-refractivity contribution < 1.29 is 19.4 Å². The molecule has 1 amide bonds. The number of aliphatic carboxylic acids is 1. The van der Waals surface area contributed by atoms with Crippen LogP contribution in [0.2, 0.25) is 0 Å². The zero-order valence-corrected chi connectivity index (χ0v) is 9.08. The summed E-state index contributed by atoms with van der Waals surface area (Å²) in [4.78, 5) is 22.1. The zero-order chi connectivity index (χ0) is 11.5. The van der Waals surface area contributed by atoms with E-state index in [0.29, 0.717) is 25.7 Å². The van der Waals surface area contributed by atoms with Crippen LogP contribution in [0.5, 0.6) is 0 Å². The van der Waals surface area contributed by atoms with Gasteiger partial charge >= 0.3 is 5.97 Å². The van der Waals surface area contributed by atoms with E-state index in [2.05, 4.69) is 5.32 Å². The number of carboxylic acid groups (broad SMARTS) is 1. The molecule has 1 aliphatic carbocycles. The van der Waals surface area contributed by atoms with E-state index in [1.54, 1.807) is 7.11 Å². The first-order valence-electron chi connectivity index (χ1n) is 5.05. The Hall–Kier alpha value is -1.10. The lowest BCUT2D eigenvalue weighted by molar-refractivity contribution is -0.150. The number of hydrogen-bond acceptors (Lipinski definition) is 3. The van der Waals surface area contributed by atoms with Crippen molar-refractivity contribution in [2.75, 3.05) is 7.11 Å². The van der Waals surface area contributed by atoms with Crippen LogP contribution in [0.25, 0.3) is 0 Å². The topological polar surface area (TPSA) is 75.6 Å². The summed E-state index contributed by atoms with van der Waals surface area (Å²) in [6.07, 6.45) is 2.32. The highest BCUT2D eigenvalue weighted by atomic mass is 16.5. The summed E-state index contributed by atoms with van der Waals surface area (Å²) in [7, 11) is 1.62. The molecule has 0 unspecified atom stereocenters. The molecule has 0 saturated heterocycles. The fourth-order valence-electron chi connectivity index (χ4n) is 2.05. The van der Waals surface area contributed by atoms with Crippen molar-refractivity contribution in [2.45, 2.75) is 44.2 Å². The van der Waals surface area contributed by atoms with Crippen LogP contribution < -0.4 is 5.32 Å². The molecule has 0 aromatic rings. The Kier molecular flexibility index (Phi) is 3.68. The van der Waals surface area contributed by atoms with Gasteiger partial charge in [-0.15, -0.1) is 0 Å². The summed E-state index contributed by atoms with van der Waals surface area (Å²) in [5, 5.41) is 11.7. The molecule has 1 rings (SSSR count). The van der Waals surface area contributed by atoms with Crippen LogP contribution in [0.15, 0.2) is 0 Å². The lowest BCUT2D eigenvalue weighted by Crippen LogP contribution is -2.56. The molecule has 1 saturated carbocycles. The summed E-state index contributed by atoms with van der Waals surface area (Å²) in [5.41, 5.74) is -1.08. The normalized spacial score (nSPS) is 30.9. The quantitative estimate of drug-likeness (QED) is 0.720. The van der Waals surface area contributed by atoms with Gasteiger partial charge in [0.2, 0.25) is 5.91 Å². The second-order valence-electron chi connectivity index (χ2n) is 4.00. The molecule has 0 aromatic carbocycles. The van der Waals surface area contributed by atoms with Crippen LogP contribution >= 0.6 is 0 Å².